The van der Waals surface area contributed by atoms with Gasteiger partial charge in [-0.25, -0.2) is 4.79 Å². The highest BCUT2D eigenvalue weighted by Crippen LogP contribution is 2.30. The van der Waals surface area contributed by atoms with Gasteiger partial charge in [0.15, 0.2) is 0 Å². The fourth-order valence-corrected chi connectivity index (χ4v) is 3.56. The second-order valence-corrected chi connectivity index (χ2v) is 6.64. The van der Waals surface area contributed by atoms with Gasteiger partial charge in [-0.2, -0.15) is 0 Å². The van der Waals surface area contributed by atoms with Gasteiger partial charge in [-0.1, -0.05) is 28.1 Å². The van der Waals surface area contributed by atoms with E-state index in [0.29, 0.717) is 5.92 Å². The molecular formula is C15H20BrN3O. The number of nitrogens with zero attached hydrogens (tertiary/aromatic N) is 2. The van der Waals surface area contributed by atoms with Crippen molar-refractivity contribution in [1.29, 1.82) is 0 Å². The SMILES string of the molecule is CN1C(=O)N(CC2CCNC2)CC1c1cccc(Br)c1. The van der Waals surface area contributed by atoms with E-state index in [4.69, 9.17) is 0 Å². The molecular weight excluding hydrogens is 318 g/mol. The van der Waals surface area contributed by atoms with Gasteiger partial charge in [0.1, 0.15) is 0 Å². The summed E-state index contributed by atoms with van der Waals surface area (Å²) in [5.41, 5.74) is 1.20. The van der Waals surface area contributed by atoms with Crippen molar-refractivity contribution in [3.63, 3.8) is 0 Å². The van der Waals surface area contributed by atoms with Crippen molar-refractivity contribution >= 4 is 22.0 Å². The van der Waals surface area contributed by atoms with Crippen LogP contribution in [0, 0.1) is 5.92 Å². The topological polar surface area (TPSA) is 35.6 Å². The molecule has 2 heterocycles. The molecule has 0 saturated carbocycles. The van der Waals surface area contributed by atoms with Crippen LogP contribution in [-0.2, 0) is 0 Å². The largest absolute Gasteiger partial charge is 0.322 e. The molecule has 5 heteroatoms. The predicted molar refractivity (Wildman–Crippen MR) is 82.6 cm³/mol. The number of hydrogen-bond acceptors (Lipinski definition) is 2. The molecule has 20 heavy (non-hydrogen) atoms. The van der Waals surface area contributed by atoms with Crippen molar-refractivity contribution in [2.24, 2.45) is 5.92 Å². The molecule has 4 nitrogen and oxygen atoms in total. The van der Waals surface area contributed by atoms with Crippen LogP contribution in [0.5, 0.6) is 0 Å². The number of likely N-dealkylation sites (N-methyl/N-ethyl adjacent to an activating group) is 1. The molecule has 0 aliphatic carbocycles. The van der Waals surface area contributed by atoms with Crippen molar-refractivity contribution in [2.45, 2.75) is 12.5 Å². The van der Waals surface area contributed by atoms with E-state index in [1.165, 1.54) is 12.0 Å². The van der Waals surface area contributed by atoms with Crippen molar-refractivity contribution < 1.29 is 4.79 Å². The molecule has 0 spiro atoms. The molecule has 1 aromatic carbocycles. The smallest absolute Gasteiger partial charge is 0.320 e. The summed E-state index contributed by atoms with van der Waals surface area (Å²) in [6.07, 6.45) is 1.18. The standard InChI is InChI=1S/C15H20BrN3O/c1-18-14(12-3-2-4-13(16)7-12)10-19(15(18)20)9-11-5-6-17-8-11/h2-4,7,11,14,17H,5-6,8-10H2,1H3. The molecule has 1 N–H and O–H groups in total. The predicted octanol–water partition coefficient (Wildman–Crippen LogP) is 2.47. The lowest BCUT2D eigenvalue weighted by Crippen LogP contribution is -2.34. The van der Waals surface area contributed by atoms with Gasteiger partial charge in [-0.05, 0) is 43.1 Å². The third-order valence-electron chi connectivity index (χ3n) is 4.31. The molecule has 2 amide bonds. The third kappa shape index (κ3) is 2.69. The van der Waals surface area contributed by atoms with Crippen molar-refractivity contribution in [3.8, 4) is 0 Å². The summed E-state index contributed by atoms with van der Waals surface area (Å²) in [6, 6.07) is 8.56. The minimum absolute atomic E-state index is 0.155. The number of carbonyl (C=O) groups excluding carboxylic acids is 1. The first-order chi connectivity index (χ1) is 9.65. The van der Waals surface area contributed by atoms with Gasteiger partial charge < -0.3 is 15.1 Å². The van der Waals surface area contributed by atoms with Gasteiger partial charge in [0, 0.05) is 24.6 Å². The molecule has 2 saturated heterocycles. The van der Waals surface area contributed by atoms with E-state index in [-0.39, 0.29) is 12.1 Å². The first-order valence-corrected chi connectivity index (χ1v) is 7.92. The number of rotatable bonds is 3. The zero-order chi connectivity index (χ0) is 14.1. The Bertz CT molecular complexity index is 502. The number of benzene rings is 1. The highest BCUT2D eigenvalue weighted by Gasteiger charge is 2.36. The van der Waals surface area contributed by atoms with Gasteiger partial charge in [0.2, 0.25) is 0 Å². The maximum atomic E-state index is 12.4. The van der Waals surface area contributed by atoms with E-state index in [2.05, 4.69) is 33.4 Å². The third-order valence-corrected chi connectivity index (χ3v) is 4.80. The highest BCUT2D eigenvalue weighted by atomic mass is 79.9. The molecule has 0 bridgehead atoms. The number of halogens is 1. The maximum Gasteiger partial charge on any atom is 0.320 e. The summed E-state index contributed by atoms with van der Waals surface area (Å²) >= 11 is 3.51. The Balaban J connectivity index is 1.72. The Hall–Kier alpha value is -1.07. The highest BCUT2D eigenvalue weighted by molar-refractivity contribution is 9.10. The fraction of sp³-hybridized carbons (Fsp3) is 0.533. The molecule has 0 radical (unpaired) electrons. The fourth-order valence-electron chi connectivity index (χ4n) is 3.14. The van der Waals surface area contributed by atoms with Crippen LogP contribution in [0.3, 0.4) is 0 Å². The Morgan fingerprint density at radius 1 is 1.45 bits per heavy atom. The molecule has 2 atom stereocenters. The van der Waals surface area contributed by atoms with Crippen molar-refractivity contribution in [2.75, 3.05) is 33.2 Å². The van der Waals surface area contributed by atoms with Gasteiger partial charge in [0.25, 0.3) is 0 Å². The summed E-state index contributed by atoms with van der Waals surface area (Å²) < 4.78 is 1.06. The number of hydrogen-bond donors (Lipinski definition) is 1. The molecule has 3 rings (SSSR count). The first kappa shape index (κ1) is 13.9. The van der Waals surface area contributed by atoms with Crippen LogP contribution >= 0.6 is 15.9 Å². The van der Waals surface area contributed by atoms with Crippen LogP contribution in [0.15, 0.2) is 28.7 Å². The van der Waals surface area contributed by atoms with Crippen LogP contribution < -0.4 is 5.32 Å². The van der Waals surface area contributed by atoms with Crippen molar-refractivity contribution in [3.05, 3.63) is 34.3 Å². The van der Waals surface area contributed by atoms with Crippen LogP contribution in [0.4, 0.5) is 4.79 Å². The quantitative estimate of drug-likeness (QED) is 0.919. The molecule has 2 unspecified atom stereocenters. The number of nitrogens with one attached hydrogen (secondary N) is 1. The zero-order valence-electron chi connectivity index (χ0n) is 11.7. The van der Waals surface area contributed by atoms with Gasteiger partial charge in [0.05, 0.1) is 6.04 Å². The Kier molecular flexibility index (Phi) is 3.98. The second kappa shape index (κ2) is 5.74. The summed E-state index contributed by atoms with van der Waals surface area (Å²) in [5, 5.41) is 3.36. The average molecular weight is 338 g/mol. The van der Waals surface area contributed by atoms with Gasteiger partial charge in [-0.15, -0.1) is 0 Å². The van der Waals surface area contributed by atoms with E-state index in [1.54, 1.807) is 0 Å². The second-order valence-electron chi connectivity index (χ2n) is 5.73. The van der Waals surface area contributed by atoms with Gasteiger partial charge >= 0.3 is 6.03 Å². The molecule has 1 aromatic rings. The summed E-state index contributed by atoms with van der Waals surface area (Å²) in [5.74, 6) is 0.605. The number of carbonyl (C=O) groups is 1. The molecule has 2 fully saturated rings. The van der Waals surface area contributed by atoms with E-state index < -0.39 is 0 Å². The van der Waals surface area contributed by atoms with E-state index in [9.17, 15) is 4.79 Å². The monoisotopic (exact) mass is 337 g/mol. The lowest BCUT2D eigenvalue weighted by molar-refractivity contribution is 0.190. The number of amides is 2. The maximum absolute atomic E-state index is 12.4. The van der Waals surface area contributed by atoms with E-state index in [1.807, 2.05) is 29.0 Å². The Morgan fingerprint density at radius 2 is 2.30 bits per heavy atom. The summed E-state index contributed by atoms with van der Waals surface area (Å²) in [7, 11) is 1.90. The van der Waals surface area contributed by atoms with Crippen LogP contribution in [0.2, 0.25) is 0 Å². The molecule has 2 aliphatic heterocycles. The number of urea groups is 1. The minimum atomic E-state index is 0.155. The lowest BCUT2D eigenvalue weighted by Gasteiger charge is -2.19. The molecule has 108 valence electrons. The van der Waals surface area contributed by atoms with Crippen LogP contribution in [0.1, 0.15) is 18.0 Å². The summed E-state index contributed by atoms with van der Waals surface area (Å²) in [6.45, 7) is 3.79. The normalized spacial score (nSPS) is 26.6. The lowest BCUT2D eigenvalue weighted by atomic mass is 10.1. The zero-order valence-corrected chi connectivity index (χ0v) is 13.3. The Labute approximate surface area is 128 Å². The average Bonchev–Trinajstić information content (AvgIpc) is 3.03. The van der Waals surface area contributed by atoms with Gasteiger partial charge in [-0.3, -0.25) is 0 Å². The van der Waals surface area contributed by atoms with E-state index in [0.717, 1.165) is 30.7 Å². The molecule has 0 aromatic heterocycles. The van der Waals surface area contributed by atoms with Crippen LogP contribution in [-0.4, -0.2) is 49.1 Å². The summed E-state index contributed by atoms with van der Waals surface area (Å²) in [4.78, 5) is 16.2. The molecule has 2 aliphatic rings. The Morgan fingerprint density at radius 3 is 3.00 bits per heavy atom. The van der Waals surface area contributed by atoms with Crippen molar-refractivity contribution in [1.82, 2.24) is 15.1 Å². The first-order valence-electron chi connectivity index (χ1n) is 7.13. The van der Waals surface area contributed by atoms with Crippen LogP contribution in [0.25, 0.3) is 0 Å². The van der Waals surface area contributed by atoms with E-state index >= 15 is 0 Å². The minimum Gasteiger partial charge on any atom is -0.322 e.